The topological polar surface area (TPSA) is 89.6 Å². The molecule has 6 rings (SSSR count). The minimum Gasteiger partial charge on any atom is -0.444 e. The van der Waals surface area contributed by atoms with Crippen LogP contribution in [0.1, 0.15) is 80.1 Å². The summed E-state index contributed by atoms with van der Waals surface area (Å²) in [6.07, 6.45) is -2.87. The van der Waals surface area contributed by atoms with E-state index < -0.39 is 31.0 Å². The minimum absolute atomic E-state index is 0.0379. The van der Waals surface area contributed by atoms with Gasteiger partial charge in [-0.2, -0.15) is 26.3 Å². The van der Waals surface area contributed by atoms with Crippen LogP contribution in [0.3, 0.4) is 0 Å². The summed E-state index contributed by atoms with van der Waals surface area (Å²) in [5.41, 5.74) is -0.255. The molecule has 6 fully saturated rings. The fraction of sp³-hybridized carbons (Fsp3) is 0.943. The van der Waals surface area contributed by atoms with E-state index in [1.807, 2.05) is 46.4 Å². The maximum atomic E-state index is 12.3. The summed E-state index contributed by atoms with van der Waals surface area (Å²) in [6.45, 7) is 18.8. The highest BCUT2D eigenvalue weighted by Gasteiger charge is 2.49. The van der Waals surface area contributed by atoms with Crippen LogP contribution in [-0.4, -0.2) is 147 Å². The number of hydrogen-bond donors (Lipinski definition) is 2. The zero-order chi connectivity index (χ0) is 37.9. The van der Waals surface area contributed by atoms with Gasteiger partial charge in [0.15, 0.2) is 0 Å². The van der Waals surface area contributed by atoms with Gasteiger partial charge in [-0.15, -0.1) is 0 Å². The van der Waals surface area contributed by atoms with Crippen molar-refractivity contribution in [2.45, 2.75) is 104 Å². The van der Waals surface area contributed by atoms with Gasteiger partial charge < -0.3 is 29.9 Å². The van der Waals surface area contributed by atoms with Crippen molar-refractivity contribution in [3.63, 3.8) is 0 Å². The van der Waals surface area contributed by atoms with Gasteiger partial charge in [0, 0.05) is 65.4 Å². The van der Waals surface area contributed by atoms with Gasteiger partial charge in [-0.3, -0.25) is 9.80 Å². The first-order chi connectivity index (χ1) is 23.4. The number of carbonyl (C=O) groups excluding carboxylic acids is 2. The predicted octanol–water partition coefficient (Wildman–Crippen LogP) is 5.72. The summed E-state index contributed by atoms with van der Waals surface area (Å²) in [5, 5.41) is 6.55. The number of rotatable bonds is 2. The Bertz CT molecular complexity index is 1140. The molecule has 16 heteroatoms. The Hall–Kier alpha value is -2.04. The third-order valence-electron chi connectivity index (χ3n) is 10.7. The zero-order valence-electron chi connectivity index (χ0n) is 31.3. The lowest BCUT2D eigenvalue weighted by Gasteiger charge is -2.54. The normalized spacial score (nSPS) is 24.6. The van der Waals surface area contributed by atoms with Crippen molar-refractivity contribution in [1.82, 2.24) is 30.2 Å². The summed E-state index contributed by atoms with van der Waals surface area (Å²) in [7, 11) is 0. The molecule has 0 aromatic rings. The van der Waals surface area contributed by atoms with Gasteiger partial charge in [0.05, 0.1) is 13.1 Å². The number of ether oxygens (including phenoxy) is 2. The summed E-state index contributed by atoms with van der Waals surface area (Å²) >= 11 is 0. The largest absolute Gasteiger partial charge is 0.444 e. The fourth-order valence-electron chi connectivity index (χ4n) is 7.94. The Labute approximate surface area is 299 Å². The maximum absolute atomic E-state index is 12.3. The fourth-order valence-corrected chi connectivity index (χ4v) is 7.94. The Balaban J connectivity index is 0.000000175. The van der Waals surface area contributed by atoms with E-state index in [-0.39, 0.29) is 28.6 Å². The molecular weight excluding hydrogens is 682 g/mol. The molecule has 51 heavy (non-hydrogen) atoms. The van der Waals surface area contributed by atoms with E-state index in [9.17, 15) is 35.9 Å². The number of halogens is 6. The zero-order valence-corrected chi connectivity index (χ0v) is 31.3. The second-order valence-electron chi connectivity index (χ2n) is 17.8. The highest BCUT2D eigenvalue weighted by Crippen LogP contribution is 2.42. The van der Waals surface area contributed by atoms with Crippen molar-refractivity contribution in [3.8, 4) is 0 Å². The highest BCUT2D eigenvalue weighted by atomic mass is 19.4. The first-order valence-corrected chi connectivity index (χ1v) is 18.3. The van der Waals surface area contributed by atoms with E-state index in [1.165, 1.54) is 9.80 Å². The van der Waals surface area contributed by atoms with Crippen LogP contribution in [0.4, 0.5) is 35.9 Å². The Kier molecular flexibility index (Phi) is 12.9. The lowest BCUT2D eigenvalue weighted by atomic mass is 9.72. The summed E-state index contributed by atoms with van der Waals surface area (Å²) in [4.78, 5) is 30.2. The van der Waals surface area contributed by atoms with Crippen LogP contribution in [0.25, 0.3) is 0 Å². The molecule has 6 aliphatic rings. The van der Waals surface area contributed by atoms with Gasteiger partial charge in [-0.05, 0) is 109 Å². The molecule has 296 valence electrons. The van der Waals surface area contributed by atoms with Crippen LogP contribution in [0, 0.1) is 16.2 Å². The van der Waals surface area contributed by atoms with Crippen LogP contribution < -0.4 is 10.6 Å². The molecule has 0 aliphatic carbocycles. The summed E-state index contributed by atoms with van der Waals surface area (Å²) in [5.74, 6) is 0. The lowest BCUT2D eigenvalue weighted by Crippen LogP contribution is -2.62. The molecule has 0 aromatic carbocycles. The van der Waals surface area contributed by atoms with Gasteiger partial charge in [-0.1, -0.05) is 0 Å². The molecule has 10 nitrogen and oxygen atoms in total. The van der Waals surface area contributed by atoms with Crippen LogP contribution >= 0.6 is 0 Å². The Morgan fingerprint density at radius 3 is 1.18 bits per heavy atom. The predicted molar refractivity (Wildman–Crippen MR) is 181 cm³/mol. The second-order valence-corrected chi connectivity index (χ2v) is 17.8. The standard InChI is InChI=1S/C14H23F3N2O2.C12H22N2O2.C9H15F3N2/c1-12(2,3)21-11(20)19-6-4-13(5-7-19)8-18(9-13)10-14(15,16)17;1-11(2,3)16-10(15)14-6-4-12(5-7-14)8-13-9-12;10-9(11,12)7-14-5-8(6-14)1-3-13-4-2-8/h4-10H2,1-3H3;13H,4-9H2,1-3H3;13H,1-7H2. The minimum atomic E-state index is -4.13. The molecule has 6 heterocycles. The number of nitrogens with one attached hydrogen (secondary N) is 2. The first kappa shape index (κ1) is 41.7. The third kappa shape index (κ3) is 13.1. The average molecular weight is 743 g/mol. The molecule has 0 radical (unpaired) electrons. The molecule has 0 bridgehead atoms. The number of piperidine rings is 3. The molecule has 6 saturated heterocycles. The van der Waals surface area contributed by atoms with Crippen LogP contribution in [-0.2, 0) is 9.47 Å². The van der Waals surface area contributed by atoms with Crippen molar-refractivity contribution in [3.05, 3.63) is 0 Å². The van der Waals surface area contributed by atoms with Crippen molar-refractivity contribution >= 4 is 12.2 Å². The second kappa shape index (κ2) is 15.7. The summed E-state index contributed by atoms with van der Waals surface area (Å²) < 4.78 is 83.7. The highest BCUT2D eigenvalue weighted by molar-refractivity contribution is 5.68. The third-order valence-corrected chi connectivity index (χ3v) is 10.7. The van der Waals surface area contributed by atoms with E-state index in [0.717, 1.165) is 77.8 Å². The number of amides is 2. The van der Waals surface area contributed by atoms with Gasteiger partial charge in [-0.25, -0.2) is 9.59 Å². The van der Waals surface area contributed by atoms with Crippen LogP contribution in [0.15, 0.2) is 0 Å². The molecule has 0 unspecified atom stereocenters. The van der Waals surface area contributed by atoms with Gasteiger partial charge >= 0.3 is 24.5 Å². The summed E-state index contributed by atoms with van der Waals surface area (Å²) in [6, 6.07) is 0. The van der Waals surface area contributed by atoms with Gasteiger partial charge in [0.1, 0.15) is 11.2 Å². The molecule has 0 aromatic heterocycles. The Morgan fingerprint density at radius 2 is 0.882 bits per heavy atom. The van der Waals surface area contributed by atoms with Gasteiger partial charge in [0.2, 0.25) is 0 Å². The molecule has 3 spiro atoms. The molecule has 6 aliphatic heterocycles. The van der Waals surface area contributed by atoms with E-state index in [1.54, 1.807) is 4.90 Å². The number of nitrogens with zero attached hydrogens (tertiary/aromatic N) is 4. The SMILES string of the molecule is CC(C)(C)OC(=O)N1CCC2(CC1)CN(CC(F)(F)F)C2.CC(C)(C)OC(=O)N1CCC2(CC1)CNC2.FC(F)(F)CN1CC2(CCNCC2)C1. The van der Waals surface area contributed by atoms with Crippen molar-refractivity contribution in [2.24, 2.45) is 16.2 Å². The number of alkyl halides is 6. The van der Waals surface area contributed by atoms with Gasteiger partial charge in [0.25, 0.3) is 0 Å². The van der Waals surface area contributed by atoms with E-state index in [2.05, 4.69) is 10.6 Å². The maximum Gasteiger partial charge on any atom is 0.410 e. The average Bonchev–Trinajstić information content (AvgIpc) is 2.93. The van der Waals surface area contributed by atoms with Crippen molar-refractivity contribution < 1.29 is 45.4 Å². The first-order valence-electron chi connectivity index (χ1n) is 18.3. The molecule has 2 N–H and O–H groups in total. The van der Waals surface area contributed by atoms with E-state index >= 15 is 0 Å². The van der Waals surface area contributed by atoms with Crippen molar-refractivity contribution in [2.75, 3.05) is 91.6 Å². The van der Waals surface area contributed by atoms with E-state index in [4.69, 9.17) is 9.47 Å². The monoisotopic (exact) mass is 742 g/mol. The number of hydrogen-bond acceptors (Lipinski definition) is 8. The number of likely N-dealkylation sites (tertiary alicyclic amines) is 4. The quantitative estimate of drug-likeness (QED) is 0.348. The van der Waals surface area contributed by atoms with E-state index in [0.29, 0.717) is 44.7 Å². The molecular formula is C35H60F6N6O4. The molecule has 2 amide bonds. The van der Waals surface area contributed by atoms with Crippen molar-refractivity contribution in [1.29, 1.82) is 0 Å². The number of carbonyl (C=O) groups is 2. The van der Waals surface area contributed by atoms with Crippen LogP contribution in [0.2, 0.25) is 0 Å². The lowest BCUT2D eigenvalue weighted by molar-refractivity contribution is -0.174. The Morgan fingerprint density at radius 1 is 0.549 bits per heavy atom. The smallest absolute Gasteiger partial charge is 0.410 e. The van der Waals surface area contributed by atoms with Crippen LogP contribution in [0.5, 0.6) is 0 Å². The molecule has 0 atom stereocenters. The molecule has 0 saturated carbocycles.